The number of hydrogen-bond donors (Lipinski definition) is 1. The number of non-ortho nitro benzene ring substituents is 1. The molecule has 0 atom stereocenters. The fourth-order valence-electron chi connectivity index (χ4n) is 3.62. The fourth-order valence-corrected chi connectivity index (χ4v) is 4.31. The number of carbonyl (C=O) groups excluding carboxylic acids is 1. The Bertz CT molecular complexity index is 1110. The highest BCUT2D eigenvalue weighted by molar-refractivity contribution is 7.99. The van der Waals surface area contributed by atoms with Crippen LogP contribution in [0.1, 0.15) is 36.5 Å². The summed E-state index contributed by atoms with van der Waals surface area (Å²) in [6, 6.07) is 5.54. The SMILES string of the molecule is CCCSc1nc(N2CCCC2)c2cnn(CCNC(=O)c3ccc([N+](=O)[O-])cc3)c2n1. The van der Waals surface area contributed by atoms with Crippen LogP contribution in [0.5, 0.6) is 0 Å². The number of carbonyl (C=O) groups is 1. The largest absolute Gasteiger partial charge is 0.356 e. The van der Waals surface area contributed by atoms with Crippen LogP contribution in [0, 0.1) is 10.1 Å². The standard InChI is InChI=1S/C21H25N7O3S/c1-2-13-32-21-24-18(26-10-3-4-11-26)17-14-23-27(19(17)25-21)12-9-22-20(29)15-5-7-16(8-6-15)28(30)31/h5-8,14H,2-4,9-13H2,1H3,(H,22,29). The lowest BCUT2D eigenvalue weighted by Gasteiger charge is -2.18. The van der Waals surface area contributed by atoms with Gasteiger partial charge in [0.05, 0.1) is 23.1 Å². The van der Waals surface area contributed by atoms with E-state index in [0.717, 1.165) is 60.1 Å². The number of nitro benzene ring substituents is 1. The molecule has 0 spiro atoms. The Morgan fingerprint density at radius 2 is 1.97 bits per heavy atom. The Balaban J connectivity index is 1.48. The van der Waals surface area contributed by atoms with E-state index in [0.29, 0.717) is 18.7 Å². The summed E-state index contributed by atoms with van der Waals surface area (Å²) >= 11 is 1.64. The van der Waals surface area contributed by atoms with Crippen LogP contribution in [0.2, 0.25) is 0 Å². The van der Waals surface area contributed by atoms with Gasteiger partial charge in [-0.2, -0.15) is 5.10 Å². The van der Waals surface area contributed by atoms with Crippen molar-refractivity contribution < 1.29 is 9.72 Å². The maximum atomic E-state index is 12.4. The molecule has 1 fully saturated rings. The number of anilines is 1. The first-order valence-electron chi connectivity index (χ1n) is 10.7. The molecule has 168 valence electrons. The van der Waals surface area contributed by atoms with Crippen molar-refractivity contribution in [2.75, 3.05) is 30.3 Å². The van der Waals surface area contributed by atoms with Crippen molar-refractivity contribution in [1.29, 1.82) is 0 Å². The van der Waals surface area contributed by atoms with Crippen LogP contribution in [0.3, 0.4) is 0 Å². The molecule has 1 aliphatic heterocycles. The van der Waals surface area contributed by atoms with Crippen molar-refractivity contribution in [2.45, 2.75) is 37.9 Å². The predicted molar refractivity (Wildman–Crippen MR) is 123 cm³/mol. The van der Waals surface area contributed by atoms with Gasteiger partial charge in [0.25, 0.3) is 11.6 Å². The fraction of sp³-hybridized carbons (Fsp3) is 0.429. The molecule has 1 N–H and O–H groups in total. The topological polar surface area (TPSA) is 119 Å². The number of nitrogens with one attached hydrogen (secondary N) is 1. The number of rotatable bonds is 9. The average Bonchev–Trinajstić information content (AvgIpc) is 3.48. The molecular weight excluding hydrogens is 430 g/mol. The summed E-state index contributed by atoms with van der Waals surface area (Å²) in [6.45, 7) is 4.91. The van der Waals surface area contributed by atoms with Crippen LogP contribution in [0.4, 0.5) is 11.5 Å². The van der Waals surface area contributed by atoms with Gasteiger partial charge in [0.15, 0.2) is 10.8 Å². The third-order valence-corrected chi connectivity index (χ3v) is 6.30. The molecule has 2 aromatic heterocycles. The van der Waals surface area contributed by atoms with Gasteiger partial charge in [-0.15, -0.1) is 0 Å². The molecule has 0 saturated carbocycles. The summed E-state index contributed by atoms with van der Waals surface area (Å²) in [5, 5.41) is 19.8. The van der Waals surface area contributed by atoms with Crippen LogP contribution in [-0.4, -0.2) is 56.0 Å². The Hall–Kier alpha value is -3.21. The van der Waals surface area contributed by atoms with E-state index in [9.17, 15) is 14.9 Å². The van der Waals surface area contributed by atoms with Gasteiger partial charge < -0.3 is 10.2 Å². The van der Waals surface area contributed by atoms with Crippen LogP contribution in [0.15, 0.2) is 35.6 Å². The first-order chi connectivity index (χ1) is 15.6. The van der Waals surface area contributed by atoms with Crippen molar-refractivity contribution >= 4 is 40.2 Å². The van der Waals surface area contributed by atoms with Crippen LogP contribution in [0.25, 0.3) is 11.0 Å². The zero-order valence-electron chi connectivity index (χ0n) is 17.9. The maximum Gasteiger partial charge on any atom is 0.269 e. The molecule has 4 rings (SSSR count). The minimum Gasteiger partial charge on any atom is -0.356 e. The first-order valence-corrected chi connectivity index (χ1v) is 11.7. The van der Waals surface area contributed by atoms with Gasteiger partial charge in [0, 0.05) is 43.1 Å². The van der Waals surface area contributed by atoms with Crippen molar-refractivity contribution in [3.63, 3.8) is 0 Å². The molecule has 3 heterocycles. The smallest absolute Gasteiger partial charge is 0.269 e. The summed E-state index contributed by atoms with van der Waals surface area (Å²) in [6.07, 6.45) is 5.16. The molecule has 0 bridgehead atoms. The monoisotopic (exact) mass is 455 g/mol. The van der Waals surface area contributed by atoms with E-state index >= 15 is 0 Å². The van der Waals surface area contributed by atoms with Crippen molar-refractivity contribution in [3.05, 3.63) is 46.1 Å². The average molecular weight is 456 g/mol. The van der Waals surface area contributed by atoms with Gasteiger partial charge >= 0.3 is 0 Å². The minimum atomic E-state index is -0.490. The normalized spacial score (nSPS) is 13.6. The van der Waals surface area contributed by atoms with Crippen molar-refractivity contribution in [3.8, 4) is 0 Å². The van der Waals surface area contributed by atoms with E-state index in [1.54, 1.807) is 22.6 Å². The molecule has 0 aliphatic carbocycles. The van der Waals surface area contributed by atoms with E-state index in [1.165, 1.54) is 24.3 Å². The summed E-state index contributed by atoms with van der Waals surface area (Å²) in [7, 11) is 0. The lowest BCUT2D eigenvalue weighted by molar-refractivity contribution is -0.384. The lowest BCUT2D eigenvalue weighted by atomic mass is 10.2. The van der Waals surface area contributed by atoms with E-state index in [2.05, 4.69) is 22.2 Å². The molecule has 1 aromatic carbocycles. The molecule has 1 aliphatic rings. The van der Waals surface area contributed by atoms with E-state index in [1.807, 2.05) is 0 Å². The molecule has 10 nitrogen and oxygen atoms in total. The first kappa shape index (κ1) is 22.0. The summed E-state index contributed by atoms with van der Waals surface area (Å²) in [5.41, 5.74) is 1.10. The molecule has 0 unspecified atom stereocenters. The number of hydrogen-bond acceptors (Lipinski definition) is 8. The second-order valence-electron chi connectivity index (χ2n) is 7.54. The summed E-state index contributed by atoms with van der Waals surface area (Å²) < 4.78 is 1.79. The second-order valence-corrected chi connectivity index (χ2v) is 8.60. The molecule has 32 heavy (non-hydrogen) atoms. The van der Waals surface area contributed by atoms with Crippen molar-refractivity contribution in [2.24, 2.45) is 0 Å². The van der Waals surface area contributed by atoms with Gasteiger partial charge in [-0.3, -0.25) is 14.9 Å². The number of amides is 1. The lowest BCUT2D eigenvalue weighted by Crippen LogP contribution is -2.27. The molecular formula is C21H25N7O3S. The molecule has 1 amide bonds. The minimum absolute atomic E-state index is 0.0465. The number of benzene rings is 1. The van der Waals surface area contributed by atoms with Gasteiger partial charge in [-0.1, -0.05) is 18.7 Å². The number of aromatic nitrogens is 4. The number of thioether (sulfide) groups is 1. The Morgan fingerprint density at radius 1 is 1.22 bits per heavy atom. The molecule has 0 radical (unpaired) electrons. The number of nitro groups is 1. The van der Waals surface area contributed by atoms with Crippen LogP contribution < -0.4 is 10.2 Å². The highest BCUT2D eigenvalue weighted by atomic mass is 32.2. The van der Waals surface area contributed by atoms with E-state index in [4.69, 9.17) is 9.97 Å². The van der Waals surface area contributed by atoms with Crippen LogP contribution >= 0.6 is 11.8 Å². The number of fused-ring (bicyclic) bond motifs is 1. The Labute approximate surface area is 189 Å². The maximum absolute atomic E-state index is 12.4. The molecule has 11 heteroatoms. The summed E-state index contributed by atoms with van der Waals surface area (Å²) in [4.78, 5) is 34.5. The zero-order chi connectivity index (χ0) is 22.5. The van der Waals surface area contributed by atoms with Gasteiger partial charge in [-0.05, 0) is 31.4 Å². The highest BCUT2D eigenvalue weighted by Gasteiger charge is 2.21. The third kappa shape index (κ3) is 4.82. The molecule has 3 aromatic rings. The Kier molecular flexibility index (Phi) is 6.84. The van der Waals surface area contributed by atoms with Gasteiger partial charge in [-0.25, -0.2) is 14.6 Å². The second kappa shape index (κ2) is 9.94. The third-order valence-electron chi connectivity index (χ3n) is 5.25. The predicted octanol–water partition coefficient (Wildman–Crippen LogP) is 3.27. The van der Waals surface area contributed by atoms with Gasteiger partial charge in [0.1, 0.15) is 5.82 Å². The molecule has 1 saturated heterocycles. The number of nitrogens with zero attached hydrogens (tertiary/aromatic N) is 6. The van der Waals surface area contributed by atoms with Crippen LogP contribution in [-0.2, 0) is 6.54 Å². The summed E-state index contributed by atoms with van der Waals surface area (Å²) in [5.74, 6) is 1.60. The highest BCUT2D eigenvalue weighted by Crippen LogP contribution is 2.29. The zero-order valence-corrected chi connectivity index (χ0v) is 18.7. The van der Waals surface area contributed by atoms with E-state index in [-0.39, 0.29) is 11.6 Å². The quantitative estimate of drug-likeness (QED) is 0.226. The van der Waals surface area contributed by atoms with Crippen molar-refractivity contribution in [1.82, 2.24) is 25.1 Å². The Morgan fingerprint density at radius 3 is 2.66 bits per heavy atom. The van der Waals surface area contributed by atoms with E-state index < -0.39 is 4.92 Å². The van der Waals surface area contributed by atoms with Gasteiger partial charge in [0.2, 0.25) is 0 Å².